The Morgan fingerprint density at radius 2 is 1.66 bits per heavy atom. The van der Waals surface area contributed by atoms with Gasteiger partial charge in [-0.1, -0.05) is 36.4 Å². The molecule has 0 radical (unpaired) electrons. The number of aryl methyl sites for hydroxylation is 1. The number of methoxy groups -OCH3 is 1. The van der Waals surface area contributed by atoms with Crippen molar-refractivity contribution < 1.29 is 23.5 Å². The smallest absolute Gasteiger partial charge is 0.269 e. The molecular weight excluding hydrogens is 485 g/mol. The molecule has 2 N–H and O–H groups in total. The SMILES string of the molecule is COc1ccc(C(=O)NNC(=O)c2ccc3c(c2)C[C@@]2(CC3)COC(C)(C)N2Cc2ccccc2)cc1F. The maximum Gasteiger partial charge on any atom is 0.269 e. The number of fused-ring (bicyclic) bond motifs is 1. The number of rotatable bonds is 5. The lowest BCUT2D eigenvalue weighted by Crippen LogP contribution is -2.54. The molecule has 1 heterocycles. The molecule has 1 saturated heterocycles. The molecule has 0 bridgehead atoms. The maximum atomic E-state index is 14.0. The molecule has 0 saturated carbocycles. The molecule has 7 nitrogen and oxygen atoms in total. The van der Waals surface area contributed by atoms with Crippen LogP contribution in [0.2, 0.25) is 0 Å². The van der Waals surface area contributed by atoms with Crippen LogP contribution >= 0.6 is 0 Å². The van der Waals surface area contributed by atoms with Crippen molar-refractivity contribution >= 4 is 11.8 Å². The van der Waals surface area contributed by atoms with Gasteiger partial charge in [0.15, 0.2) is 11.6 Å². The summed E-state index contributed by atoms with van der Waals surface area (Å²) in [5.41, 5.74) is 8.28. The van der Waals surface area contributed by atoms with E-state index in [1.807, 2.05) is 18.2 Å². The molecule has 1 fully saturated rings. The number of ether oxygens (including phenoxy) is 2. The second-order valence-corrected chi connectivity index (χ2v) is 10.4. The minimum Gasteiger partial charge on any atom is -0.494 e. The molecule has 198 valence electrons. The Morgan fingerprint density at radius 1 is 0.974 bits per heavy atom. The van der Waals surface area contributed by atoms with Crippen LogP contribution in [0.5, 0.6) is 5.75 Å². The van der Waals surface area contributed by atoms with E-state index in [0.29, 0.717) is 12.2 Å². The average Bonchev–Trinajstić information content (AvgIpc) is 3.16. The van der Waals surface area contributed by atoms with E-state index in [1.165, 1.54) is 30.4 Å². The predicted molar refractivity (Wildman–Crippen MR) is 141 cm³/mol. The molecule has 1 aliphatic heterocycles. The van der Waals surface area contributed by atoms with Crippen molar-refractivity contribution in [3.8, 4) is 5.75 Å². The van der Waals surface area contributed by atoms with Gasteiger partial charge in [-0.15, -0.1) is 0 Å². The summed E-state index contributed by atoms with van der Waals surface area (Å²) in [6, 6.07) is 19.9. The highest BCUT2D eigenvalue weighted by atomic mass is 19.1. The number of hydrogen-bond donors (Lipinski definition) is 2. The zero-order valence-electron chi connectivity index (χ0n) is 21.8. The van der Waals surface area contributed by atoms with Crippen molar-refractivity contribution in [2.24, 2.45) is 0 Å². The van der Waals surface area contributed by atoms with Gasteiger partial charge in [0.2, 0.25) is 0 Å². The molecular formula is C30H32FN3O4. The summed E-state index contributed by atoms with van der Waals surface area (Å²) in [5, 5.41) is 0. The van der Waals surface area contributed by atoms with Crippen LogP contribution in [-0.4, -0.2) is 41.7 Å². The fourth-order valence-electron chi connectivity index (χ4n) is 5.57. The van der Waals surface area contributed by atoms with Crippen LogP contribution in [0.4, 0.5) is 4.39 Å². The Bertz CT molecular complexity index is 1360. The molecule has 3 aromatic rings. The highest BCUT2D eigenvalue weighted by molar-refractivity contribution is 5.99. The van der Waals surface area contributed by atoms with E-state index in [1.54, 1.807) is 6.07 Å². The number of hydrazine groups is 1. The lowest BCUT2D eigenvalue weighted by atomic mass is 9.76. The molecule has 0 unspecified atom stereocenters. The van der Waals surface area contributed by atoms with Crippen molar-refractivity contribution in [3.63, 3.8) is 0 Å². The van der Waals surface area contributed by atoms with Gasteiger partial charge >= 0.3 is 0 Å². The van der Waals surface area contributed by atoms with Crippen LogP contribution in [0.15, 0.2) is 66.7 Å². The van der Waals surface area contributed by atoms with Gasteiger partial charge < -0.3 is 9.47 Å². The summed E-state index contributed by atoms with van der Waals surface area (Å²) in [5.74, 6) is -1.69. The van der Waals surface area contributed by atoms with Gasteiger partial charge in [0, 0.05) is 17.7 Å². The van der Waals surface area contributed by atoms with Crippen LogP contribution in [0, 0.1) is 5.82 Å². The lowest BCUT2D eigenvalue weighted by Gasteiger charge is -2.45. The fourth-order valence-corrected chi connectivity index (χ4v) is 5.57. The lowest BCUT2D eigenvalue weighted by molar-refractivity contribution is -0.0673. The summed E-state index contributed by atoms with van der Waals surface area (Å²) in [4.78, 5) is 27.8. The van der Waals surface area contributed by atoms with E-state index < -0.39 is 23.4 Å². The van der Waals surface area contributed by atoms with Crippen LogP contribution in [0.25, 0.3) is 0 Å². The first-order valence-electron chi connectivity index (χ1n) is 12.7. The van der Waals surface area contributed by atoms with E-state index in [9.17, 15) is 14.0 Å². The summed E-state index contributed by atoms with van der Waals surface area (Å²) in [6.07, 6.45) is 2.62. The molecule has 1 atom stereocenters. The first kappa shape index (κ1) is 25.9. The summed E-state index contributed by atoms with van der Waals surface area (Å²) < 4.78 is 25.1. The van der Waals surface area contributed by atoms with Crippen molar-refractivity contribution in [1.29, 1.82) is 0 Å². The zero-order valence-corrected chi connectivity index (χ0v) is 21.8. The highest BCUT2D eigenvalue weighted by Crippen LogP contribution is 2.44. The van der Waals surface area contributed by atoms with Gasteiger partial charge in [-0.05, 0) is 80.1 Å². The fraction of sp³-hybridized carbons (Fsp3) is 0.333. The number of halogens is 1. The van der Waals surface area contributed by atoms with Crippen molar-refractivity contribution in [2.75, 3.05) is 13.7 Å². The number of carbonyl (C=O) groups is 2. The van der Waals surface area contributed by atoms with Gasteiger partial charge in [0.1, 0.15) is 5.72 Å². The number of benzene rings is 3. The molecule has 2 amide bonds. The molecule has 5 rings (SSSR count). The van der Waals surface area contributed by atoms with Gasteiger partial charge in [0.25, 0.3) is 11.8 Å². The first-order valence-corrected chi connectivity index (χ1v) is 12.7. The zero-order chi connectivity index (χ0) is 26.9. The molecule has 3 aromatic carbocycles. The number of nitrogens with one attached hydrogen (secondary N) is 2. The number of amides is 2. The van der Waals surface area contributed by atoms with Gasteiger partial charge in [-0.25, -0.2) is 4.39 Å². The Labute approximate surface area is 221 Å². The second kappa shape index (κ2) is 10.2. The Balaban J connectivity index is 1.30. The highest BCUT2D eigenvalue weighted by Gasteiger charge is 2.52. The van der Waals surface area contributed by atoms with E-state index in [4.69, 9.17) is 9.47 Å². The minimum absolute atomic E-state index is 0.0378. The molecule has 0 aromatic heterocycles. The third-order valence-corrected chi connectivity index (χ3v) is 7.65. The molecule has 1 spiro atoms. The van der Waals surface area contributed by atoms with E-state index in [2.05, 4.69) is 53.9 Å². The number of carbonyl (C=O) groups excluding carboxylic acids is 2. The van der Waals surface area contributed by atoms with Crippen LogP contribution < -0.4 is 15.6 Å². The van der Waals surface area contributed by atoms with Crippen LogP contribution in [0.1, 0.15) is 57.7 Å². The first-order chi connectivity index (χ1) is 18.2. The number of hydrogen-bond acceptors (Lipinski definition) is 5. The van der Waals surface area contributed by atoms with Gasteiger partial charge in [0.05, 0.1) is 19.3 Å². The third kappa shape index (κ3) is 5.01. The van der Waals surface area contributed by atoms with E-state index >= 15 is 0 Å². The third-order valence-electron chi connectivity index (χ3n) is 7.65. The largest absolute Gasteiger partial charge is 0.494 e. The molecule has 38 heavy (non-hydrogen) atoms. The van der Waals surface area contributed by atoms with Crippen LogP contribution in [-0.2, 0) is 24.1 Å². The predicted octanol–water partition coefficient (Wildman–Crippen LogP) is 4.41. The van der Waals surface area contributed by atoms with Gasteiger partial charge in [-0.3, -0.25) is 25.3 Å². The molecule has 8 heteroatoms. The van der Waals surface area contributed by atoms with E-state index in [0.717, 1.165) is 37.4 Å². The van der Waals surface area contributed by atoms with Gasteiger partial charge in [-0.2, -0.15) is 0 Å². The standard InChI is InChI=1S/C30H32FN3O4/c1-29(2)34(18-20-7-5-4-6-8-20)30(19-38-29)14-13-21-9-10-22(15-24(21)17-30)27(35)32-33-28(36)23-11-12-26(37-3)25(31)16-23/h4-12,15-16H,13-14,17-19H2,1-3H3,(H,32,35)(H,33,36)/t30-/m0/s1. The summed E-state index contributed by atoms with van der Waals surface area (Å²) in [7, 11) is 1.35. The normalized spacial score (nSPS) is 20.1. The number of nitrogens with zero attached hydrogens (tertiary/aromatic N) is 1. The monoisotopic (exact) mass is 517 g/mol. The summed E-state index contributed by atoms with van der Waals surface area (Å²) >= 11 is 0. The Hall–Kier alpha value is -3.75. The van der Waals surface area contributed by atoms with Crippen molar-refractivity contribution in [1.82, 2.24) is 15.8 Å². The minimum atomic E-state index is -0.657. The quantitative estimate of drug-likeness (QED) is 0.491. The van der Waals surface area contributed by atoms with Crippen molar-refractivity contribution in [2.45, 2.75) is 50.9 Å². The Morgan fingerprint density at radius 3 is 2.34 bits per heavy atom. The second-order valence-electron chi connectivity index (χ2n) is 10.4. The van der Waals surface area contributed by atoms with Crippen molar-refractivity contribution in [3.05, 3.63) is 100 Å². The maximum absolute atomic E-state index is 14.0. The average molecular weight is 518 g/mol. The molecule has 2 aliphatic rings. The van der Waals surface area contributed by atoms with Crippen LogP contribution in [0.3, 0.4) is 0 Å². The Kier molecular flexibility index (Phi) is 6.94. The van der Waals surface area contributed by atoms with E-state index in [-0.39, 0.29) is 16.9 Å². The molecule has 1 aliphatic carbocycles. The summed E-state index contributed by atoms with van der Waals surface area (Å²) in [6.45, 7) is 5.63. The topological polar surface area (TPSA) is 79.9 Å².